The Hall–Kier alpha value is -2.02. The van der Waals surface area contributed by atoms with E-state index in [2.05, 4.69) is 9.36 Å². The Bertz CT molecular complexity index is 620. The van der Waals surface area contributed by atoms with Crippen LogP contribution in [-0.2, 0) is 0 Å². The summed E-state index contributed by atoms with van der Waals surface area (Å²) in [6.07, 6.45) is 2.83. The third kappa shape index (κ3) is 3.18. The zero-order valence-electron chi connectivity index (χ0n) is 11.2. The number of ether oxygens (including phenoxy) is 1. The van der Waals surface area contributed by atoms with Crippen molar-refractivity contribution in [3.63, 3.8) is 0 Å². The van der Waals surface area contributed by atoms with E-state index in [-0.39, 0.29) is 17.9 Å². The van der Waals surface area contributed by atoms with E-state index in [1.54, 1.807) is 16.3 Å². The van der Waals surface area contributed by atoms with Crippen molar-refractivity contribution in [2.75, 3.05) is 13.1 Å². The Morgan fingerprint density at radius 3 is 3.14 bits per heavy atom. The lowest BCUT2D eigenvalue weighted by Crippen LogP contribution is -2.44. The van der Waals surface area contributed by atoms with Crippen LogP contribution in [0.5, 0.6) is 5.88 Å². The molecule has 0 bridgehead atoms. The van der Waals surface area contributed by atoms with Crippen molar-refractivity contribution >= 4 is 17.4 Å². The number of carbonyl (C=O) groups excluding carboxylic acids is 1. The van der Waals surface area contributed by atoms with Crippen molar-refractivity contribution in [3.05, 3.63) is 41.3 Å². The van der Waals surface area contributed by atoms with Gasteiger partial charge in [0.15, 0.2) is 5.82 Å². The smallest absolute Gasteiger partial charge is 0.273 e. The number of amides is 1. The van der Waals surface area contributed by atoms with E-state index >= 15 is 0 Å². The summed E-state index contributed by atoms with van der Waals surface area (Å²) >= 11 is 1.25. The molecule has 3 heterocycles. The maximum Gasteiger partial charge on any atom is 0.273 e. The molecular weight excluding hydrogens is 293 g/mol. The number of hydrogen-bond acceptors (Lipinski definition) is 5. The minimum absolute atomic E-state index is 0.00884. The fourth-order valence-electron chi connectivity index (χ4n) is 2.32. The molecule has 0 aromatic carbocycles. The minimum atomic E-state index is -0.486. The Kier molecular flexibility index (Phi) is 4.10. The summed E-state index contributed by atoms with van der Waals surface area (Å²) in [4.78, 5) is 17.8. The van der Waals surface area contributed by atoms with Gasteiger partial charge < -0.3 is 9.64 Å². The van der Waals surface area contributed by atoms with Crippen molar-refractivity contribution in [2.45, 2.75) is 18.9 Å². The lowest BCUT2D eigenvalue weighted by molar-refractivity contribution is 0.0514. The van der Waals surface area contributed by atoms with E-state index in [4.69, 9.17) is 4.74 Å². The monoisotopic (exact) mass is 307 g/mol. The molecule has 5 nitrogen and oxygen atoms in total. The molecule has 1 saturated heterocycles. The number of rotatable bonds is 3. The van der Waals surface area contributed by atoms with E-state index in [1.807, 2.05) is 0 Å². The van der Waals surface area contributed by atoms with Gasteiger partial charge >= 0.3 is 0 Å². The largest absolute Gasteiger partial charge is 0.470 e. The highest BCUT2D eigenvalue weighted by molar-refractivity contribution is 7.03. The fraction of sp³-hybridized carbons (Fsp3) is 0.357. The predicted octanol–water partition coefficient (Wildman–Crippen LogP) is 2.36. The Labute approximate surface area is 125 Å². The molecular formula is C14H14FN3O2S. The van der Waals surface area contributed by atoms with E-state index < -0.39 is 5.82 Å². The molecule has 1 aliphatic rings. The first-order chi connectivity index (χ1) is 10.2. The van der Waals surface area contributed by atoms with E-state index in [1.165, 1.54) is 29.9 Å². The third-order valence-electron chi connectivity index (χ3n) is 3.33. The highest BCUT2D eigenvalue weighted by Gasteiger charge is 2.27. The number of piperidine rings is 1. The normalized spacial score (nSPS) is 18.5. The number of aromatic nitrogens is 2. The highest BCUT2D eigenvalue weighted by Crippen LogP contribution is 2.20. The molecule has 2 aromatic rings. The van der Waals surface area contributed by atoms with E-state index in [0.29, 0.717) is 18.8 Å². The lowest BCUT2D eigenvalue weighted by Gasteiger charge is -2.32. The van der Waals surface area contributed by atoms with Crippen molar-refractivity contribution < 1.29 is 13.9 Å². The maximum absolute atomic E-state index is 13.5. The van der Waals surface area contributed by atoms with Gasteiger partial charge in [0, 0.05) is 18.1 Å². The average molecular weight is 307 g/mol. The number of pyridine rings is 1. The third-order valence-corrected chi connectivity index (χ3v) is 3.89. The zero-order chi connectivity index (χ0) is 14.7. The van der Waals surface area contributed by atoms with Gasteiger partial charge in [-0.15, -0.1) is 0 Å². The van der Waals surface area contributed by atoms with Gasteiger partial charge in [0.05, 0.1) is 6.54 Å². The molecule has 0 spiro atoms. The Morgan fingerprint density at radius 2 is 2.38 bits per heavy atom. The lowest BCUT2D eigenvalue weighted by atomic mass is 10.1. The summed E-state index contributed by atoms with van der Waals surface area (Å²) in [5.41, 5.74) is 0.449. The molecule has 1 fully saturated rings. The number of hydrogen-bond donors (Lipinski definition) is 0. The van der Waals surface area contributed by atoms with Gasteiger partial charge in [-0.1, -0.05) is 0 Å². The first-order valence-electron chi connectivity index (χ1n) is 6.71. The van der Waals surface area contributed by atoms with Crippen molar-refractivity contribution in [3.8, 4) is 5.88 Å². The number of likely N-dealkylation sites (tertiary alicyclic amines) is 1. The first kappa shape index (κ1) is 13.9. The van der Waals surface area contributed by atoms with Crippen LogP contribution in [0.4, 0.5) is 4.39 Å². The van der Waals surface area contributed by atoms with Gasteiger partial charge in [-0.3, -0.25) is 4.79 Å². The molecule has 1 aliphatic heterocycles. The molecule has 1 amide bonds. The van der Waals surface area contributed by atoms with Crippen molar-refractivity contribution in [1.82, 2.24) is 14.3 Å². The predicted molar refractivity (Wildman–Crippen MR) is 75.9 cm³/mol. The Balaban J connectivity index is 1.66. The Morgan fingerprint density at radius 1 is 1.48 bits per heavy atom. The van der Waals surface area contributed by atoms with E-state index in [9.17, 15) is 9.18 Å². The molecule has 2 aromatic heterocycles. The van der Waals surface area contributed by atoms with Gasteiger partial charge in [-0.25, -0.2) is 9.37 Å². The second-order valence-corrected chi connectivity index (χ2v) is 5.47. The summed E-state index contributed by atoms with van der Waals surface area (Å²) in [5.74, 6) is -0.600. The first-order valence-corrected chi connectivity index (χ1v) is 7.54. The average Bonchev–Trinajstić information content (AvgIpc) is 3.03. The number of halogens is 1. The van der Waals surface area contributed by atoms with Gasteiger partial charge in [-0.05, 0) is 42.6 Å². The van der Waals surface area contributed by atoms with Crippen LogP contribution in [0.3, 0.4) is 0 Å². The number of carbonyl (C=O) groups is 1. The summed E-state index contributed by atoms with van der Waals surface area (Å²) in [7, 11) is 0. The summed E-state index contributed by atoms with van der Waals surface area (Å²) in [5, 5.41) is 1.77. The molecule has 110 valence electrons. The fourth-order valence-corrected chi connectivity index (χ4v) is 2.82. The molecule has 3 rings (SSSR count). The standard InChI is InChI=1S/C14H14FN3O2S/c15-11-4-1-6-16-13(11)20-10-3-2-7-18(9-10)14(19)12-5-8-21-17-12/h1,4-6,8,10H,2-3,7,9H2. The van der Waals surface area contributed by atoms with Crippen LogP contribution < -0.4 is 4.74 Å². The summed E-state index contributed by atoms with van der Waals surface area (Å²) < 4.78 is 23.2. The SMILES string of the molecule is O=C(c1ccsn1)N1CCCC(Oc2ncccc2F)C1. The van der Waals surface area contributed by atoms with Gasteiger partial charge in [0.25, 0.3) is 11.8 Å². The molecule has 0 aliphatic carbocycles. The number of nitrogens with zero attached hydrogens (tertiary/aromatic N) is 3. The highest BCUT2D eigenvalue weighted by atomic mass is 32.1. The molecule has 1 atom stereocenters. The van der Waals surface area contributed by atoms with Crippen LogP contribution in [0.25, 0.3) is 0 Å². The quantitative estimate of drug-likeness (QED) is 0.873. The molecule has 0 radical (unpaired) electrons. The summed E-state index contributed by atoms with van der Waals surface area (Å²) in [6, 6.07) is 4.53. The van der Waals surface area contributed by atoms with Crippen LogP contribution in [0, 0.1) is 5.82 Å². The molecule has 0 saturated carbocycles. The van der Waals surface area contributed by atoms with E-state index in [0.717, 1.165) is 12.8 Å². The molecule has 1 unspecified atom stereocenters. The van der Waals surface area contributed by atoms with Gasteiger partial charge in [-0.2, -0.15) is 4.37 Å². The van der Waals surface area contributed by atoms with Crippen LogP contribution in [-0.4, -0.2) is 39.4 Å². The van der Waals surface area contributed by atoms with Gasteiger partial charge in [0.1, 0.15) is 11.8 Å². The molecule has 7 heteroatoms. The van der Waals surface area contributed by atoms with Crippen LogP contribution in [0.2, 0.25) is 0 Å². The zero-order valence-corrected chi connectivity index (χ0v) is 12.1. The van der Waals surface area contributed by atoms with Gasteiger partial charge in [0.2, 0.25) is 0 Å². The minimum Gasteiger partial charge on any atom is -0.470 e. The molecule has 0 N–H and O–H groups in total. The second-order valence-electron chi connectivity index (χ2n) is 4.81. The second kappa shape index (κ2) is 6.17. The van der Waals surface area contributed by atoms with Crippen LogP contribution >= 0.6 is 11.5 Å². The molecule has 21 heavy (non-hydrogen) atoms. The topological polar surface area (TPSA) is 55.3 Å². The summed E-state index contributed by atoms with van der Waals surface area (Å²) in [6.45, 7) is 1.09. The van der Waals surface area contributed by atoms with Crippen LogP contribution in [0.1, 0.15) is 23.3 Å². The van der Waals surface area contributed by atoms with Crippen molar-refractivity contribution in [1.29, 1.82) is 0 Å². The maximum atomic E-state index is 13.5. The van der Waals surface area contributed by atoms with Crippen molar-refractivity contribution in [2.24, 2.45) is 0 Å². The van der Waals surface area contributed by atoms with Crippen LogP contribution in [0.15, 0.2) is 29.8 Å².